The second-order valence-electron chi connectivity index (χ2n) is 8.65. The molecule has 1 aromatic carbocycles. The van der Waals surface area contributed by atoms with Crippen molar-refractivity contribution in [3.05, 3.63) is 46.8 Å². The Morgan fingerprint density at radius 2 is 2.23 bits per heavy atom. The molecular weight excluding hydrogens is 390 g/mol. The fourth-order valence-corrected chi connectivity index (χ4v) is 4.43. The topological polar surface area (TPSA) is 89.2 Å². The van der Waals surface area contributed by atoms with Gasteiger partial charge in [0, 0.05) is 63.0 Å². The third kappa shape index (κ3) is 3.77. The molecule has 0 radical (unpaired) electrons. The van der Waals surface area contributed by atoms with Crippen LogP contribution in [-0.2, 0) is 24.3 Å². The molecule has 31 heavy (non-hydrogen) atoms. The fourth-order valence-electron chi connectivity index (χ4n) is 4.43. The summed E-state index contributed by atoms with van der Waals surface area (Å²) in [7, 11) is 1.95. The van der Waals surface area contributed by atoms with Crippen molar-refractivity contribution < 1.29 is 4.79 Å². The second kappa shape index (κ2) is 7.75. The molecule has 1 saturated carbocycles. The summed E-state index contributed by atoms with van der Waals surface area (Å²) in [5, 5.41) is 20.2. The Morgan fingerprint density at radius 3 is 2.90 bits per heavy atom. The molecule has 3 heterocycles. The summed E-state index contributed by atoms with van der Waals surface area (Å²) in [6.45, 7) is 4.52. The number of nitrogens with zero attached hydrogens (tertiary/aromatic N) is 5. The van der Waals surface area contributed by atoms with Gasteiger partial charge in [0.25, 0.3) is 0 Å². The van der Waals surface area contributed by atoms with Crippen LogP contribution in [0.15, 0.2) is 24.4 Å². The standard InChI is InChI=1S/C23H27N7O/c1-15(31)29-9-8-22-20(14-29)23(27-30(22)12-16-6-7-16)26-21-5-3-4-18(19(21)10-24)17-11-25-28(2)13-17/h3-5,13,16,25H,6-9,11-12,14H2,1-2H3,(H,26,27). The van der Waals surface area contributed by atoms with Gasteiger partial charge in [0.15, 0.2) is 5.82 Å². The summed E-state index contributed by atoms with van der Waals surface area (Å²) in [6.07, 6.45) is 5.34. The van der Waals surface area contributed by atoms with Crippen molar-refractivity contribution in [2.24, 2.45) is 5.92 Å². The van der Waals surface area contributed by atoms with E-state index < -0.39 is 0 Å². The quantitative estimate of drug-likeness (QED) is 0.777. The van der Waals surface area contributed by atoms with Crippen LogP contribution in [0.25, 0.3) is 5.57 Å². The molecule has 8 heteroatoms. The van der Waals surface area contributed by atoms with Gasteiger partial charge in [-0.25, -0.2) is 5.43 Å². The van der Waals surface area contributed by atoms with Crippen molar-refractivity contribution in [3.63, 3.8) is 0 Å². The lowest BCUT2D eigenvalue weighted by Gasteiger charge is -2.27. The number of anilines is 2. The number of carbonyl (C=O) groups is 1. The van der Waals surface area contributed by atoms with Gasteiger partial charge < -0.3 is 15.2 Å². The van der Waals surface area contributed by atoms with Gasteiger partial charge in [0.1, 0.15) is 6.07 Å². The molecule has 2 aromatic rings. The van der Waals surface area contributed by atoms with Crippen molar-refractivity contribution in [2.45, 2.75) is 39.3 Å². The zero-order valence-corrected chi connectivity index (χ0v) is 18.0. The van der Waals surface area contributed by atoms with Gasteiger partial charge in [0.05, 0.1) is 17.8 Å². The van der Waals surface area contributed by atoms with Crippen molar-refractivity contribution in [3.8, 4) is 6.07 Å². The number of benzene rings is 1. The van der Waals surface area contributed by atoms with Crippen molar-refractivity contribution in [1.29, 1.82) is 5.26 Å². The Balaban J connectivity index is 1.51. The number of fused-ring (bicyclic) bond motifs is 1. The third-order valence-electron chi connectivity index (χ3n) is 6.35. The van der Waals surface area contributed by atoms with E-state index in [0.717, 1.165) is 47.7 Å². The van der Waals surface area contributed by atoms with E-state index in [4.69, 9.17) is 5.10 Å². The first-order chi connectivity index (χ1) is 15.0. The Hall–Kier alpha value is -3.31. The molecule has 0 unspecified atom stereocenters. The van der Waals surface area contributed by atoms with Crippen molar-refractivity contribution in [2.75, 3.05) is 25.5 Å². The molecule has 0 atom stereocenters. The van der Waals surface area contributed by atoms with Gasteiger partial charge in [-0.15, -0.1) is 0 Å². The van der Waals surface area contributed by atoms with E-state index >= 15 is 0 Å². The highest BCUT2D eigenvalue weighted by Gasteiger charge is 2.30. The van der Waals surface area contributed by atoms with Crippen LogP contribution >= 0.6 is 0 Å². The number of aromatic nitrogens is 2. The van der Waals surface area contributed by atoms with Gasteiger partial charge in [0.2, 0.25) is 5.91 Å². The number of amides is 1. The van der Waals surface area contributed by atoms with E-state index in [9.17, 15) is 10.1 Å². The average molecular weight is 418 g/mol. The lowest BCUT2D eigenvalue weighted by molar-refractivity contribution is -0.129. The molecule has 1 amide bonds. The summed E-state index contributed by atoms with van der Waals surface area (Å²) >= 11 is 0. The first-order valence-corrected chi connectivity index (χ1v) is 10.8. The fraction of sp³-hybridized carbons (Fsp3) is 0.435. The Morgan fingerprint density at radius 1 is 1.39 bits per heavy atom. The lowest BCUT2D eigenvalue weighted by Crippen LogP contribution is -2.34. The minimum Gasteiger partial charge on any atom is -0.338 e. The first-order valence-electron chi connectivity index (χ1n) is 10.8. The number of carbonyl (C=O) groups excluding carboxylic acids is 1. The molecule has 0 saturated heterocycles. The number of hydrogen-bond acceptors (Lipinski definition) is 6. The third-order valence-corrected chi connectivity index (χ3v) is 6.35. The lowest BCUT2D eigenvalue weighted by atomic mass is 9.99. The number of hydrazine groups is 1. The highest BCUT2D eigenvalue weighted by atomic mass is 16.2. The maximum Gasteiger partial charge on any atom is 0.219 e. The molecule has 3 aliphatic rings. The molecule has 1 aromatic heterocycles. The van der Waals surface area contributed by atoms with Gasteiger partial charge in [-0.3, -0.25) is 9.48 Å². The monoisotopic (exact) mass is 417 g/mol. The minimum atomic E-state index is 0.0797. The summed E-state index contributed by atoms with van der Waals surface area (Å²) in [5.41, 5.74) is 8.86. The summed E-state index contributed by atoms with van der Waals surface area (Å²) in [6, 6.07) is 8.25. The van der Waals surface area contributed by atoms with Crippen LogP contribution in [0.1, 0.15) is 42.1 Å². The largest absolute Gasteiger partial charge is 0.338 e. The van der Waals surface area contributed by atoms with Crippen molar-refractivity contribution >= 4 is 23.0 Å². The molecule has 2 aliphatic heterocycles. The van der Waals surface area contributed by atoms with E-state index in [1.807, 2.05) is 41.4 Å². The molecule has 0 bridgehead atoms. The molecule has 5 rings (SSSR count). The van der Waals surface area contributed by atoms with Gasteiger partial charge in [-0.1, -0.05) is 12.1 Å². The number of nitrogens with one attached hydrogen (secondary N) is 2. The zero-order chi connectivity index (χ0) is 21.5. The SMILES string of the molecule is CC(=O)N1CCc2c(c(Nc3cccc(C4=CN(C)NC4)c3C#N)nn2CC2CC2)C1. The Bertz CT molecular complexity index is 1110. The minimum absolute atomic E-state index is 0.0797. The average Bonchev–Trinajstić information content (AvgIpc) is 3.38. The maximum absolute atomic E-state index is 12.0. The molecule has 0 spiro atoms. The van der Waals surface area contributed by atoms with E-state index in [-0.39, 0.29) is 5.91 Å². The summed E-state index contributed by atoms with van der Waals surface area (Å²) in [4.78, 5) is 13.9. The van der Waals surface area contributed by atoms with Crippen LogP contribution in [0.2, 0.25) is 0 Å². The normalized spacial score (nSPS) is 17.9. The van der Waals surface area contributed by atoms with Gasteiger partial charge >= 0.3 is 0 Å². The number of nitriles is 1. The molecule has 1 aliphatic carbocycles. The van der Waals surface area contributed by atoms with Crippen LogP contribution in [0.5, 0.6) is 0 Å². The smallest absolute Gasteiger partial charge is 0.219 e. The van der Waals surface area contributed by atoms with E-state index in [1.54, 1.807) is 6.92 Å². The highest BCUT2D eigenvalue weighted by Crippen LogP contribution is 2.35. The van der Waals surface area contributed by atoms with E-state index in [0.29, 0.717) is 24.6 Å². The van der Waals surface area contributed by atoms with E-state index in [2.05, 4.69) is 21.5 Å². The predicted molar refractivity (Wildman–Crippen MR) is 118 cm³/mol. The second-order valence-corrected chi connectivity index (χ2v) is 8.65. The van der Waals surface area contributed by atoms with Gasteiger partial charge in [-0.2, -0.15) is 10.4 Å². The van der Waals surface area contributed by atoms with Crippen LogP contribution in [0.4, 0.5) is 11.5 Å². The molecular formula is C23H27N7O. The Labute approximate surface area is 182 Å². The number of hydrogen-bond donors (Lipinski definition) is 2. The molecule has 160 valence electrons. The van der Waals surface area contributed by atoms with Crippen LogP contribution in [0.3, 0.4) is 0 Å². The number of rotatable bonds is 5. The summed E-state index contributed by atoms with van der Waals surface area (Å²) in [5.74, 6) is 1.54. The molecule has 1 fully saturated rings. The maximum atomic E-state index is 12.0. The summed E-state index contributed by atoms with van der Waals surface area (Å²) < 4.78 is 2.13. The van der Waals surface area contributed by atoms with Crippen LogP contribution < -0.4 is 10.7 Å². The Kier molecular flexibility index (Phi) is 4.91. The van der Waals surface area contributed by atoms with Crippen LogP contribution in [-0.4, -0.2) is 45.7 Å². The predicted octanol–water partition coefficient (Wildman–Crippen LogP) is 2.60. The highest BCUT2D eigenvalue weighted by molar-refractivity contribution is 5.80. The molecule has 2 N–H and O–H groups in total. The zero-order valence-electron chi connectivity index (χ0n) is 18.0. The van der Waals surface area contributed by atoms with Gasteiger partial charge in [-0.05, 0) is 30.4 Å². The van der Waals surface area contributed by atoms with Crippen molar-refractivity contribution in [1.82, 2.24) is 25.1 Å². The first kappa shape index (κ1) is 19.6. The molecule has 8 nitrogen and oxygen atoms in total. The van der Waals surface area contributed by atoms with E-state index in [1.165, 1.54) is 18.5 Å². The van der Waals surface area contributed by atoms with Crippen LogP contribution in [0, 0.1) is 17.2 Å².